The van der Waals surface area contributed by atoms with Crippen LogP contribution in [0.2, 0.25) is 0 Å². The van der Waals surface area contributed by atoms with Gasteiger partial charge >= 0.3 is 0 Å². The van der Waals surface area contributed by atoms with E-state index in [9.17, 15) is 0 Å². The van der Waals surface area contributed by atoms with Gasteiger partial charge in [0.15, 0.2) is 0 Å². The number of nitrogens with one attached hydrogen (secondary N) is 1. The van der Waals surface area contributed by atoms with E-state index in [1.807, 2.05) is 0 Å². The lowest BCUT2D eigenvalue weighted by Crippen LogP contribution is -2.59. The quantitative estimate of drug-likeness (QED) is 0.799. The highest BCUT2D eigenvalue weighted by atomic mass is 17.3. The molecule has 7 rings (SSSR count). The highest BCUT2D eigenvalue weighted by molar-refractivity contribution is 5.05. The summed E-state index contributed by atoms with van der Waals surface area (Å²) in [6.45, 7) is 1.22. The molecule has 134 valence electrons. The summed E-state index contributed by atoms with van der Waals surface area (Å²) in [4.78, 5) is 12.1. The minimum absolute atomic E-state index is 0.387. The van der Waals surface area contributed by atoms with E-state index in [-0.39, 0.29) is 5.79 Å². The van der Waals surface area contributed by atoms with Gasteiger partial charge < -0.3 is 10.1 Å². The van der Waals surface area contributed by atoms with Gasteiger partial charge in [-0.15, -0.1) is 0 Å². The summed E-state index contributed by atoms with van der Waals surface area (Å²) in [7, 11) is 0. The van der Waals surface area contributed by atoms with Crippen LogP contribution in [-0.2, 0) is 14.5 Å². The average molecular weight is 333 g/mol. The van der Waals surface area contributed by atoms with Crippen LogP contribution < -0.4 is 5.32 Å². The van der Waals surface area contributed by atoms with Crippen molar-refractivity contribution in [2.45, 2.75) is 88.2 Å². The molecule has 1 saturated heterocycles. The van der Waals surface area contributed by atoms with E-state index in [4.69, 9.17) is 14.5 Å². The zero-order valence-electron chi connectivity index (χ0n) is 14.7. The molecule has 0 radical (unpaired) electrons. The van der Waals surface area contributed by atoms with Crippen molar-refractivity contribution < 1.29 is 14.5 Å². The summed E-state index contributed by atoms with van der Waals surface area (Å²) in [5, 5.41) is 3.76. The summed E-state index contributed by atoms with van der Waals surface area (Å²) >= 11 is 0. The van der Waals surface area contributed by atoms with Gasteiger partial charge in [-0.3, -0.25) is 0 Å². The molecule has 0 atom stereocenters. The fourth-order valence-corrected chi connectivity index (χ4v) is 6.71. The molecule has 4 nitrogen and oxygen atoms in total. The van der Waals surface area contributed by atoms with E-state index < -0.39 is 5.79 Å². The van der Waals surface area contributed by atoms with E-state index >= 15 is 0 Å². The Bertz CT molecular complexity index is 481. The molecular formula is C20H31NO3. The van der Waals surface area contributed by atoms with Gasteiger partial charge in [0.25, 0.3) is 0 Å². The van der Waals surface area contributed by atoms with Crippen molar-refractivity contribution in [1.29, 1.82) is 0 Å². The van der Waals surface area contributed by atoms with E-state index in [0.717, 1.165) is 43.4 Å². The van der Waals surface area contributed by atoms with Crippen molar-refractivity contribution >= 4 is 0 Å². The minimum atomic E-state index is -0.437. The predicted octanol–water partition coefficient (Wildman–Crippen LogP) is 3.76. The first kappa shape index (κ1) is 15.0. The molecule has 4 heteroatoms. The van der Waals surface area contributed by atoms with E-state index in [2.05, 4.69) is 5.32 Å². The van der Waals surface area contributed by atoms with Gasteiger partial charge in [0.05, 0.1) is 0 Å². The summed E-state index contributed by atoms with van der Waals surface area (Å²) in [6.07, 6.45) is 13.8. The molecule has 6 saturated carbocycles. The molecule has 4 bridgehead atoms. The van der Waals surface area contributed by atoms with Crippen LogP contribution in [0.1, 0.15) is 70.6 Å². The Kier molecular flexibility index (Phi) is 3.23. The Balaban J connectivity index is 1.13. The van der Waals surface area contributed by atoms with Gasteiger partial charge in [0.1, 0.15) is 0 Å². The fourth-order valence-electron chi connectivity index (χ4n) is 6.71. The van der Waals surface area contributed by atoms with Gasteiger partial charge in [-0.05, 0) is 82.1 Å². The molecule has 0 aromatic rings. The molecular weight excluding hydrogens is 302 g/mol. The summed E-state index contributed by atoms with van der Waals surface area (Å²) < 4.78 is 6.77. The Morgan fingerprint density at radius 2 is 1.46 bits per heavy atom. The van der Waals surface area contributed by atoms with Gasteiger partial charge in [-0.2, -0.15) is 9.78 Å². The fraction of sp³-hybridized carbons (Fsp3) is 1.00. The van der Waals surface area contributed by atoms with Gasteiger partial charge in [-0.1, -0.05) is 0 Å². The van der Waals surface area contributed by atoms with Gasteiger partial charge in [0.2, 0.25) is 11.6 Å². The number of rotatable bonds is 3. The molecule has 0 amide bonds. The van der Waals surface area contributed by atoms with Crippen LogP contribution in [0.4, 0.5) is 0 Å². The molecule has 7 fully saturated rings. The Morgan fingerprint density at radius 1 is 0.792 bits per heavy atom. The second kappa shape index (κ2) is 5.18. The maximum absolute atomic E-state index is 6.77. The third kappa shape index (κ3) is 2.26. The monoisotopic (exact) mass is 333 g/mol. The molecule has 6 aliphatic carbocycles. The highest BCUT2D eigenvalue weighted by Gasteiger charge is 2.66. The lowest BCUT2D eigenvalue weighted by Gasteiger charge is -2.57. The first-order valence-corrected chi connectivity index (χ1v) is 10.5. The molecule has 1 heterocycles. The Labute approximate surface area is 144 Å². The smallest absolute Gasteiger partial charge is 0.210 e. The van der Waals surface area contributed by atoms with Crippen LogP contribution in [-0.4, -0.2) is 24.2 Å². The van der Waals surface area contributed by atoms with E-state index in [0.29, 0.717) is 17.9 Å². The topological polar surface area (TPSA) is 39.7 Å². The Hall–Kier alpha value is -0.160. The van der Waals surface area contributed by atoms with Crippen molar-refractivity contribution in [1.82, 2.24) is 5.32 Å². The first-order valence-electron chi connectivity index (χ1n) is 10.5. The largest absolute Gasteiger partial charge is 0.314 e. The molecule has 1 aliphatic heterocycles. The molecule has 1 N–H and O–H groups in total. The molecule has 24 heavy (non-hydrogen) atoms. The van der Waals surface area contributed by atoms with Crippen LogP contribution in [0, 0.1) is 29.6 Å². The molecule has 7 aliphatic rings. The first-order chi connectivity index (χ1) is 11.7. The van der Waals surface area contributed by atoms with Crippen molar-refractivity contribution in [3.8, 4) is 0 Å². The molecule has 0 aromatic heterocycles. The maximum atomic E-state index is 6.77. The number of hydrogen-bond acceptors (Lipinski definition) is 4. The van der Waals surface area contributed by atoms with E-state index in [1.54, 1.807) is 0 Å². The third-order valence-corrected chi connectivity index (χ3v) is 8.08. The van der Waals surface area contributed by atoms with Crippen LogP contribution in [0.3, 0.4) is 0 Å². The summed E-state index contributed by atoms with van der Waals surface area (Å²) in [6, 6.07) is 0.651. The van der Waals surface area contributed by atoms with Crippen LogP contribution >= 0.6 is 0 Å². The molecule has 0 aromatic carbocycles. The van der Waals surface area contributed by atoms with Crippen molar-refractivity contribution in [2.24, 2.45) is 29.6 Å². The standard InChI is InChI=1S/C20H31NO3/c1-2-13(1)12-21-18-3-5-19(6-4-18)22-20(24-23-19)16-8-14-7-15(10-16)11-17(20)9-14/h13-18,21H,1-12H2. The lowest BCUT2D eigenvalue weighted by atomic mass is 9.53. The zero-order valence-corrected chi connectivity index (χ0v) is 14.7. The second-order valence-corrected chi connectivity index (χ2v) is 9.83. The van der Waals surface area contributed by atoms with Crippen LogP contribution in [0.25, 0.3) is 0 Å². The Morgan fingerprint density at radius 3 is 2.08 bits per heavy atom. The van der Waals surface area contributed by atoms with Gasteiger partial charge in [0, 0.05) is 30.7 Å². The highest BCUT2D eigenvalue weighted by Crippen LogP contribution is 2.63. The number of ether oxygens (including phenoxy) is 1. The normalized spacial score (nSPS) is 55.8. The average Bonchev–Trinajstić information content (AvgIpc) is 3.34. The van der Waals surface area contributed by atoms with Crippen LogP contribution in [0.5, 0.6) is 0 Å². The number of hydrogen-bond donors (Lipinski definition) is 1. The molecule has 0 unspecified atom stereocenters. The minimum Gasteiger partial charge on any atom is -0.314 e. The SMILES string of the molecule is C1CC1CNC1CCC2(CC1)OOC1(O2)C2CC3CC(C2)CC1C3. The summed E-state index contributed by atoms with van der Waals surface area (Å²) in [5.41, 5.74) is 0. The zero-order chi connectivity index (χ0) is 15.8. The lowest BCUT2D eigenvalue weighted by molar-refractivity contribution is -0.390. The van der Waals surface area contributed by atoms with Crippen molar-refractivity contribution in [2.75, 3.05) is 6.54 Å². The maximum Gasteiger partial charge on any atom is 0.210 e. The van der Waals surface area contributed by atoms with Crippen molar-refractivity contribution in [3.63, 3.8) is 0 Å². The predicted molar refractivity (Wildman–Crippen MR) is 88.7 cm³/mol. The molecule has 2 spiro atoms. The second-order valence-electron chi connectivity index (χ2n) is 9.83. The third-order valence-electron chi connectivity index (χ3n) is 8.08. The van der Waals surface area contributed by atoms with Crippen LogP contribution in [0.15, 0.2) is 0 Å². The van der Waals surface area contributed by atoms with Crippen molar-refractivity contribution in [3.05, 3.63) is 0 Å². The summed E-state index contributed by atoms with van der Waals surface area (Å²) in [5.74, 6) is 3.17. The van der Waals surface area contributed by atoms with E-state index in [1.165, 1.54) is 51.5 Å². The van der Waals surface area contributed by atoms with Gasteiger partial charge in [-0.25, -0.2) is 0 Å².